The number of hydrogen-bond acceptors (Lipinski definition) is 4. The van der Waals surface area contributed by atoms with Gasteiger partial charge >= 0.3 is 0 Å². The molecule has 246 valence electrons. The van der Waals surface area contributed by atoms with Crippen LogP contribution in [0.4, 0.5) is 0 Å². The van der Waals surface area contributed by atoms with E-state index in [1.54, 1.807) is 12.1 Å². The lowest BCUT2D eigenvalue weighted by Gasteiger charge is -2.20. The summed E-state index contributed by atoms with van der Waals surface area (Å²) >= 11 is 0. The highest BCUT2D eigenvalue weighted by molar-refractivity contribution is 5.57. The normalized spacial score (nSPS) is 10.2. The van der Waals surface area contributed by atoms with E-state index in [1.165, 1.54) is 0 Å². The van der Waals surface area contributed by atoms with E-state index >= 15 is 0 Å². The molecule has 4 nitrogen and oxygen atoms in total. The minimum Gasteiger partial charge on any atom is -0.508 e. The summed E-state index contributed by atoms with van der Waals surface area (Å²) in [6.07, 6.45) is 1.84. The molecular formula is C41H58O4. The zero-order valence-corrected chi connectivity index (χ0v) is 30.4. The van der Waals surface area contributed by atoms with E-state index in [0.29, 0.717) is 30.8 Å². The third kappa shape index (κ3) is 9.06. The largest absolute Gasteiger partial charge is 0.508 e. The molecule has 0 spiro atoms. The lowest BCUT2D eigenvalue weighted by molar-refractivity contribution is 0.463. The molecule has 4 N–H and O–H groups in total. The van der Waals surface area contributed by atoms with Gasteiger partial charge in [-0.15, -0.1) is 0 Å². The first kappa shape index (κ1) is 39.1. The molecule has 45 heavy (non-hydrogen) atoms. The molecule has 0 saturated carbocycles. The molecule has 0 unspecified atom stereocenters. The van der Waals surface area contributed by atoms with Gasteiger partial charge in [-0.2, -0.15) is 0 Å². The first-order valence-electron chi connectivity index (χ1n) is 16.5. The fraction of sp³-hybridized carbons (Fsp3) is 0.415. The second kappa shape index (κ2) is 17.5. The molecule has 0 fully saturated rings. The number of aromatic hydroxyl groups is 4. The Morgan fingerprint density at radius 3 is 0.956 bits per heavy atom. The van der Waals surface area contributed by atoms with Crippen LogP contribution >= 0.6 is 0 Å². The van der Waals surface area contributed by atoms with Gasteiger partial charge in [0.2, 0.25) is 0 Å². The van der Waals surface area contributed by atoms with Gasteiger partial charge in [0.15, 0.2) is 0 Å². The maximum atomic E-state index is 11.1. The van der Waals surface area contributed by atoms with Gasteiger partial charge < -0.3 is 20.4 Å². The van der Waals surface area contributed by atoms with Gasteiger partial charge in [-0.1, -0.05) is 65.8 Å². The van der Waals surface area contributed by atoms with Crippen LogP contribution in [0.3, 0.4) is 0 Å². The zero-order chi connectivity index (χ0) is 34.8. The lowest BCUT2D eigenvalue weighted by atomic mass is 9.86. The van der Waals surface area contributed by atoms with Crippen LogP contribution in [0.2, 0.25) is 0 Å². The molecule has 0 aliphatic rings. The van der Waals surface area contributed by atoms with Crippen molar-refractivity contribution in [2.45, 2.75) is 116 Å². The summed E-state index contributed by atoms with van der Waals surface area (Å²) in [7, 11) is 0. The minimum absolute atomic E-state index is 0.286. The van der Waals surface area contributed by atoms with Crippen LogP contribution in [0, 0.1) is 55.4 Å². The SMILES string of the molecule is CC.CC.CC.Cc1cc(Cc2c(C)c(Cc3cc(C)c(O)c(Cc4cc(C)c(O)cc4C)c3C)cc(C)c2O)c(C)cc1O. The first-order valence-corrected chi connectivity index (χ1v) is 16.5. The Hall–Kier alpha value is -3.92. The second-order valence-corrected chi connectivity index (χ2v) is 11.3. The molecule has 0 aliphatic heterocycles. The molecular weight excluding hydrogens is 556 g/mol. The van der Waals surface area contributed by atoms with Crippen molar-refractivity contribution in [3.63, 3.8) is 0 Å². The predicted molar refractivity (Wildman–Crippen MR) is 193 cm³/mol. The van der Waals surface area contributed by atoms with Crippen molar-refractivity contribution in [2.75, 3.05) is 0 Å². The van der Waals surface area contributed by atoms with Crippen molar-refractivity contribution < 1.29 is 20.4 Å². The van der Waals surface area contributed by atoms with Crippen LogP contribution in [-0.4, -0.2) is 20.4 Å². The zero-order valence-electron chi connectivity index (χ0n) is 30.4. The van der Waals surface area contributed by atoms with Crippen LogP contribution < -0.4 is 0 Å². The van der Waals surface area contributed by atoms with Crippen molar-refractivity contribution in [2.24, 2.45) is 0 Å². The Morgan fingerprint density at radius 2 is 0.644 bits per heavy atom. The number of hydrogen-bond donors (Lipinski definition) is 4. The van der Waals surface area contributed by atoms with Gasteiger partial charge in [0.1, 0.15) is 23.0 Å². The molecule has 0 bridgehead atoms. The fourth-order valence-electron chi connectivity index (χ4n) is 5.58. The molecule has 0 atom stereocenters. The number of aryl methyl sites for hydroxylation is 6. The third-order valence-corrected chi connectivity index (χ3v) is 8.39. The molecule has 4 heteroatoms. The van der Waals surface area contributed by atoms with E-state index in [9.17, 15) is 20.4 Å². The quantitative estimate of drug-likeness (QED) is 0.174. The molecule has 0 aromatic heterocycles. The van der Waals surface area contributed by atoms with Crippen LogP contribution in [0.15, 0.2) is 36.4 Å². The molecule has 0 radical (unpaired) electrons. The monoisotopic (exact) mass is 614 g/mol. The van der Waals surface area contributed by atoms with Gasteiger partial charge in [-0.25, -0.2) is 0 Å². The van der Waals surface area contributed by atoms with Gasteiger partial charge in [0.05, 0.1) is 0 Å². The second-order valence-electron chi connectivity index (χ2n) is 11.3. The topological polar surface area (TPSA) is 80.9 Å². The summed E-state index contributed by atoms with van der Waals surface area (Å²) in [5.74, 6) is 1.21. The van der Waals surface area contributed by atoms with Crippen LogP contribution in [0.25, 0.3) is 0 Å². The van der Waals surface area contributed by atoms with Gasteiger partial charge in [0.25, 0.3) is 0 Å². The summed E-state index contributed by atoms with van der Waals surface area (Å²) in [4.78, 5) is 0. The number of phenols is 4. The van der Waals surface area contributed by atoms with Crippen LogP contribution in [0.1, 0.15) is 119 Å². The molecule has 4 aromatic carbocycles. The van der Waals surface area contributed by atoms with Crippen LogP contribution in [0.5, 0.6) is 23.0 Å². The van der Waals surface area contributed by atoms with Crippen molar-refractivity contribution in [1.29, 1.82) is 0 Å². The Morgan fingerprint density at radius 1 is 0.356 bits per heavy atom. The smallest absolute Gasteiger partial charge is 0.122 e. The molecule has 0 amide bonds. The Bertz CT molecular complexity index is 1480. The van der Waals surface area contributed by atoms with Crippen LogP contribution in [-0.2, 0) is 19.3 Å². The molecule has 0 aliphatic carbocycles. The molecule has 0 saturated heterocycles. The minimum atomic E-state index is 0.286. The summed E-state index contributed by atoms with van der Waals surface area (Å²) in [5, 5.41) is 42.3. The van der Waals surface area contributed by atoms with Crippen molar-refractivity contribution in [3.8, 4) is 23.0 Å². The summed E-state index contributed by atoms with van der Waals surface area (Å²) in [6.45, 7) is 27.8. The van der Waals surface area contributed by atoms with E-state index < -0.39 is 0 Å². The van der Waals surface area contributed by atoms with Gasteiger partial charge in [-0.3, -0.25) is 0 Å². The molecule has 0 heterocycles. The van der Waals surface area contributed by atoms with Crippen molar-refractivity contribution >= 4 is 0 Å². The number of rotatable bonds is 6. The maximum absolute atomic E-state index is 11.1. The highest BCUT2D eigenvalue weighted by atomic mass is 16.3. The number of benzene rings is 4. The van der Waals surface area contributed by atoms with E-state index in [4.69, 9.17) is 0 Å². The van der Waals surface area contributed by atoms with Crippen molar-refractivity contribution in [1.82, 2.24) is 0 Å². The lowest BCUT2D eigenvalue weighted by Crippen LogP contribution is -2.05. The van der Waals surface area contributed by atoms with E-state index in [-0.39, 0.29) is 11.5 Å². The van der Waals surface area contributed by atoms with E-state index in [2.05, 4.69) is 26.0 Å². The average Bonchev–Trinajstić information content (AvgIpc) is 3.02. The van der Waals surface area contributed by atoms with E-state index in [1.807, 2.05) is 95.2 Å². The standard InChI is InChI=1S/C35H40O4.3C2H6/c1-18-13-32(36)20(3)9-26(18)16-30-24(7)28(11-22(5)34(30)38)15-29-12-23(6)35(39)31(25(29)8)17-27-10-21(4)33(37)14-19(27)2;3*1-2/h9-14,36-39H,15-17H2,1-8H3;3*1-2H3. The summed E-state index contributed by atoms with van der Waals surface area (Å²) < 4.78 is 0. The molecule has 4 rings (SSSR count). The fourth-order valence-corrected chi connectivity index (χ4v) is 5.58. The first-order chi connectivity index (χ1) is 21.3. The molecule has 4 aromatic rings. The predicted octanol–water partition coefficient (Wildman–Crippen LogP) is 10.8. The van der Waals surface area contributed by atoms with Gasteiger partial charge in [0, 0.05) is 24.0 Å². The van der Waals surface area contributed by atoms with Gasteiger partial charge in [-0.05, 0) is 141 Å². The van der Waals surface area contributed by atoms with E-state index in [0.717, 1.165) is 77.9 Å². The highest BCUT2D eigenvalue weighted by Crippen LogP contribution is 2.37. The van der Waals surface area contributed by atoms with Crippen molar-refractivity contribution in [3.05, 3.63) is 114 Å². The summed E-state index contributed by atoms with van der Waals surface area (Å²) in [5.41, 5.74) is 13.7. The Balaban J connectivity index is 0.00000159. The average molecular weight is 615 g/mol. The summed E-state index contributed by atoms with van der Waals surface area (Å²) in [6, 6.07) is 11.7. The highest BCUT2D eigenvalue weighted by Gasteiger charge is 2.19. The Kier molecular flexibility index (Phi) is 15.2. The number of phenolic OH excluding ortho intramolecular Hbond substituents is 4. The third-order valence-electron chi connectivity index (χ3n) is 8.39. The maximum Gasteiger partial charge on any atom is 0.122 e. The Labute approximate surface area is 273 Å².